The molecule has 1 N–H and O–H groups in total. The molecule has 0 aliphatic heterocycles. The van der Waals surface area contributed by atoms with Crippen molar-refractivity contribution < 1.29 is 4.74 Å². The fraction of sp³-hybridized carbons (Fsp3) is 0.154. The molecule has 0 atom stereocenters. The number of hydrogen-bond acceptors (Lipinski definition) is 3. The highest BCUT2D eigenvalue weighted by Gasteiger charge is 2.02. The lowest BCUT2D eigenvalue weighted by molar-refractivity contribution is 0.414. The molecule has 0 amide bonds. The number of ether oxygens (including phenoxy) is 1. The van der Waals surface area contributed by atoms with Crippen molar-refractivity contribution in [3.63, 3.8) is 0 Å². The van der Waals surface area contributed by atoms with Crippen LogP contribution in [0.2, 0.25) is 5.15 Å². The number of nitrogens with one attached hydrogen (secondary N) is 1. The fourth-order valence-corrected chi connectivity index (χ4v) is 2.08. The zero-order valence-corrected chi connectivity index (χ0v) is 12.1. The first kappa shape index (κ1) is 13.2. The van der Waals surface area contributed by atoms with E-state index in [1.165, 1.54) is 0 Å². The molecule has 0 unspecified atom stereocenters. The number of aromatic nitrogens is 1. The maximum atomic E-state index is 5.83. The predicted molar refractivity (Wildman–Crippen MR) is 77.3 cm³/mol. The van der Waals surface area contributed by atoms with Crippen molar-refractivity contribution in [2.75, 3.05) is 12.4 Å². The van der Waals surface area contributed by atoms with Crippen LogP contribution in [0.4, 0.5) is 5.69 Å². The van der Waals surface area contributed by atoms with Gasteiger partial charge in [-0.1, -0.05) is 27.5 Å². The van der Waals surface area contributed by atoms with Crippen LogP contribution in [0.25, 0.3) is 0 Å². The van der Waals surface area contributed by atoms with E-state index < -0.39 is 0 Å². The summed E-state index contributed by atoms with van der Waals surface area (Å²) in [7, 11) is 1.66. The molecule has 0 spiro atoms. The molecule has 1 heterocycles. The van der Waals surface area contributed by atoms with Gasteiger partial charge in [0, 0.05) is 22.9 Å². The molecule has 94 valence electrons. The molecule has 0 saturated carbocycles. The summed E-state index contributed by atoms with van der Waals surface area (Å²) in [4.78, 5) is 3.94. The first-order valence-electron chi connectivity index (χ1n) is 5.37. The largest absolute Gasteiger partial charge is 0.497 e. The molecule has 3 nitrogen and oxygen atoms in total. The molecule has 0 saturated heterocycles. The summed E-state index contributed by atoms with van der Waals surface area (Å²) in [6, 6.07) is 9.53. The molecule has 0 radical (unpaired) electrons. The zero-order chi connectivity index (χ0) is 13.0. The third-order valence-electron chi connectivity index (χ3n) is 2.46. The highest BCUT2D eigenvalue weighted by molar-refractivity contribution is 9.10. The highest BCUT2D eigenvalue weighted by atomic mass is 79.9. The second kappa shape index (κ2) is 6.07. The Morgan fingerprint density at radius 3 is 2.89 bits per heavy atom. The van der Waals surface area contributed by atoms with E-state index in [1.807, 2.05) is 24.3 Å². The van der Waals surface area contributed by atoms with Crippen molar-refractivity contribution in [2.45, 2.75) is 6.54 Å². The first-order chi connectivity index (χ1) is 8.69. The summed E-state index contributed by atoms with van der Waals surface area (Å²) in [6.07, 6.45) is 1.67. The van der Waals surface area contributed by atoms with Gasteiger partial charge < -0.3 is 10.1 Å². The van der Waals surface area contributed by atoms with Crippen LogP contribution in [0.1, 0.15) is 5.56 Å². The number of methoxy groups -OCH3 is 1. The Labute approximate surface area is 119 Å². The quantitative estimate of drug-likeness (QED) is 0.858. The lowest BCUT2D eigenvalue weighted by Crippen LogP contribution is -2.00. The third-order valence-corrected chi connectivity index (χ3v) is 3.44. The van der Waals surface area contributed by atoms with Crippen molar-refractivity contribution >= 4 is 33.2 Å². The number of halogens is 2. The normalized spacial score (nSPS) is 10.2. The van der Waals surface area contributed by atoms with Gasteiger partial charge in [0.15, 0.2) is 0 Å². The highest BCUT2D eigenvalue weighted by Crippen LogP contribution is 2.23. The molecule has 0 aliphatic carbocycles. The monoisotopic (exact) mass is 326 g/mol. The van der Waals surface area contributed by atoms with Crippen molar-refractivity contribution in [3.05, 3.63) is 51.7 Å². The van der Waals surface area contributed by atoms with Crippen LogP contribution in [-0.4, -0.2) is 12.1 Å². The van der Waals surface area contributed by atoms with Gasteiger partial charge in [-0.3, -0.25) is 0 Å². The second-order valence-electron chi connectivity index (χ2n) is 3.68. The predicted octanol–water partition coefficient (Wildman–Crippen LogP) is 4.12. The lowest BCUT2D eigenvalue weighted by atomic mass is 10.2. The molecule has 1 aromatic carbocycles. The van der Waals surface area contributed by atoms with Crippen LogP contribution < -0.4 is 10.1 Å². The van der Waals surface area contributed by atoms with Gasteiger partial charge in [0.1, 0.15) is 10.9 Å². The van der Waals surface area contributed by atoms with E-state index in [-0.39, 0.29) is 0 Å². The Hall–Kier alpha value is -1.26. The average Bonchev–Trinajstić information content (AvgIpc) is 2.38. The molecule has 2 rings (SSSR count). The van der Waals surface area contributed by atoms with Crippen molar-refractivity contribution in [2.24, 2.45) is 0 Å². The minimum Gasteiger partial charge on any atom is -0.497 e. The van der Waals surface area contributed by atoms with E-state index in [2.05, 4.69) is 26.2 Å². The molecule has 0 fully saturated rings. The van der Waals surface area contributed by atoms with Gasteiger partial charge in [-0.15, -0.1) is 0 Å². The standard InChI is InChI=1S/C13H12BrClN2O/c1-18-11-2-3-12(14)9(6-11)8-17-10-4-5-16-13(15)7-10/h2-7H,8H2,1H3,(H,16,17). The molecular weight excluding hydrogens is 316 g/mol. The van der Waals surface area contributed by atoms with Gasteiger partial charge >= 0.3 is 0 Å². The number of benzene rings is 1. The third kappa shape index (κ3) is 3.37. The van der Waals surface area contributed by atoms with Crippen LogP contribution in [0.15, 0.2) is 41.0 Å². The van der Waals surface area contributed by atoms with Gasteiger partial charge in [0.05, 0.1) is 7.11 Å². The molecule has 0 aliphatic rings. The Morgan fingerprint density at radius 2 is 2.17 bits per heavy atom. The number of pyridine rings is 1. The first-order valence-corrected chi connectivity index (χ1v) is 6.54. The van der Waals surface area contributed by atoms with Crippen LogP contribution >= 0.6 is 27.5 Å². The minimum absolute atomic E-state index is 0.477. The maximum Gasteiger partial charge on any atom is 0.131 e. The summed E-state index contributed by atoms with van der Waals surface area (Å²) < 4.78 is 6.24. The smallest absolute Gasteiger partial charge is 0.131 e. The van der Waals surface area contributed by atoms with Crippen molar-refractivity contribution in [1.29, 1.82) is 0 Å². The zero-order valence-electron chi connectivity index (χ0n) is 9.78. The van der Waals surface area contributed by atoms with Crippen LogP contribution in [0, 0.1) is 0 Å². The summed E-state index contributed by atoms with van der Waals surface area (Å²) in [6.45, 7) is 0.679. The maximum absolute atomic E-state index is 5.83. The number of rotatable bonds is 4. The van der Waals surface area contributed by atoms with E-state index in [9.17, 15) is 0 Å². The minimum atomic E-state index is 0.477. The van der Waals surface area contributed by atoms with Gasteiger partial charge in [-0.05, 0) is 35.9 Å². The van der Waals surface area contributed by atoms with Crippen LogP contribution in [-0.2, 0) is 6.54 Å². The SMILES string of the molecule is COc1ccc(Br)c(CNc2ccnc(Cl)c2)c1. The van der Waals surface area contributed by atoms with Gasteiger partial charge in [0.25, 0.3) is 0 Å². The Bertz CT molecular complexity index is 548. The number of anilines is 1. The number of nitrogens with zero attached hydrogens (tertiary/aromatic N) is 1. The van der Waals surface area contributed by atoms with E-state index in [0.29, 0.717) is 11.7 Å². The van der Waals surface area contributed by atoms with E-state index in [0.717, 1.165) is 21.5 Å². The summed E-state index contributed by atoms with van der Waals surface area (Å²) in [5.74, 6) is 0.836. The Morgan fingerprint density at radius 1 is 1.33 bits per heavy atom. The van der Waals surface area contributed by atoms with E-state index in [1.54, 1.807) is 19.4 Å². The average molecular weight is 328 g/mol. The molecule has 0 bridgehead atoms. The van der Waals surface area contributed by atoms with Crippen LogP contribution in [0.3, 0.4) is 0 Å². The summed E-state index contributed by atoms with van der Waals surface area (Å²) in [5, 5.41) is 3.76. The van der Waals surface area contributed by atoms with Gasteiger partial charge in [-0.25, -0.2) is 4.98 Å². The Kier molecular flexibility index (Phi) is 4.44. The van der Waals surface area contributed by atoms with E-state index in [4.69, 9.17) is 16.3 Å². The molecule has 1 aromatic heterocycles. The van der Waals surface area contributed by atoms with Gasteiger partial charge in [0.2, 0.25) is 0 Å². The second-order valence-corrected chi connectivity index (χ2v) is 4.92. The van der Waals surface area contributed by atoms with Crippen molar-refractivity contribution in [1.82, 2.24) is 4.98 Å². The van der Waals surface area contributed by atoms with Crippen LogP contribution in [0.5, 0.6) is 5.75 Å². The van der Waals surface area contributed by atoms with Crippen molar-refractivity contribution in [3.8, 4) is 5.75 Å². The molecule has 18 heavy (non-hydrogen) atoms. The summed E-state index contributed by atoms with van der Waals surface area (Å²) >= 11 is 9.34. The topological polar surface area (TPSA) is 34.1 Å². The molecular formula is C13H12BrClN2O. The molecule has 2 aromatic rings. The molecule has 5 heteroatoms. The number of hydrogen-bond donors (Lipinski definition) is 1. The fourth-order valence-electron chi connectivity index (χ4n) is 1.52. The van der Waals surface area contributed by atoms with E-state index >= 15 is 0 Å². The lowest BCUT2D eigenvalue weighted by Gasteiger charge is -2.10. The Balaban J connectivity index is 2.10. The summed E-state index contributed by atoms with van der Waals surface area (Å²) in [5.41, 5.74) is 2.05. The van der Waals surface area contributed by atoms with Gasteiger partial charge in [-0.2, -0.15) is 0 Å².